The monoisotopic (exact) mass is 334 g/mol. The van der Waals surface area contributed by atoms with Crippen molar-refractivity contribution >= 4 is 11.8 Å². The first-order valence-corrected chi connectivity index (χ1v) is 8.31. The van der Waals surface area contributed by atoms with Gasteiger partial charge in [-0.1, -0.05) is 12.1 Å². The van der Waals surface area contributed by atoms with Crippen molar-refractivity contribution in [1.82, 2.24) is 20.9 Å². The molecule has 1 saturated heterocycles. The molecule has 2 rings (SSSR count). The van der Waals surface area contributed by atoms with Crippen LogP contribution >= 0.6 is 0 Å². The van der Waals surface area contributed by atoms with Crippen LogP contribution in [0.2, 0.25) is 0 Å². The maximum Gasteiger partial charge on any atom is 0.309 e. The Kier molecular flexibility index (Phi) is 7.51. The van der Waals surface area contributed by atoms with Crippen LogP contribution < -0.4 is 20.7 Å². The van der Waals surface area contributed by atoms with Crippen molar-refractivity contribution in [3.8, 4) is 5.75 Å². The van der Waals surface area contributed by atoms with Crippen molar-refractivity contribution in [2.45, 2.75) is 6.42 Å². The van der Waals surface area contributed by atoms with E-state index in [9.17, 15) is 9.59 Å². The molecule has 7 nitrogen and oxygen atoms in total. The van der Waals surface area contributed by atoms with Gasteiger partial charge in [-0.3, -0.25) is 14.5 Å². The first-order chi connectivity index (χ1) is 11.7. The lowest BCUT2D eigenvalue weighted by atomic mass is 10.1. The van der Waals surface area contributed by atoms with E-state index in [0.29, 0.717) is 19.5 Å². The van der Waals surface area contributed by atoms with E-state index in [1.54, 1.807) is 7.11 Å². The Morgan fingerprint density at radius 1 is 1.08 bits per heavy atom. The molecular formula is C17H26N4O3. The second-order valence-corrected chi connectivity index (χ2v) is 5.70. The van der Waals surface area contributed by atoms with Crippen LogP contribution in [0, 0.1) is 0 Å². The molecule has 0 bridgehead atoms. The number of carbonyl (C=O) groups excluding carboxylic acids is 2. The normalized spacial score (nSPS) is 14.9. The van der Waals surface area contributed by atoms with E-state index in [0.717, 1.165) is 44.0 Å². The smallest absolute Gasteiger partial charge is 0.309 e. The summed E-state index contributed by atoms with van der Waals surface area (Å²) in [5.74, 6) is -0.352. The van der Waals surface area contributed by atoms with Crippen LogP contribution in [0.5, 0.6) is 5.75 Å². The zero-order valence-electron chi connectivity index (χ0n) is 14.1. The van der Waals surface area contributed by atoms with Crippen LogP contribution in [0.25, 0.3) is 0 Å². The van der Waals surface area contributed by atoms with Crippen LogP contribution in [-0.2, 0) is 16.0 Å². The standard InChI is InChI=1S/C17H26N4O3/c1-24-15-4-2-14(3-5-15)6-7-19-16(22)17(23)20-10-13-21-11-8-18-9-12-21/h2-5,18H,6-13H2,1H3,(H,19,22)(H,20,23). The molecule has 1 aliphatic rings. The number of carbonyl (C=O) groups is 2. The highest BCUT2D eigenvalue weighted by molar-refractivity contribution is 6.35. The number of hydrogen-bond donors (Lipinski definition) is 3. The second kappa shape index (κ2) is 9.89. The lowest BCUT2D eigenvalue weighted by Crippen LogP contribution is -2.48. The molecule has 1 heterocycles. The van der Waals surface area contributed by atoms with Crippen LogP contribution in [0.4, 0.5) is 0 Å². The van der Waals surface area contributed by atoms with E-state index in [2.05, 4.69) is 20.9 Å². The summed E-state index contributed by atoms with van der Waals surface area (Å²) in [4.78, 5) is 25.8. The predicted molar refractivity (Wildman–Crippen MR) is 92.0 cm³/mol. The number of piperazine rings is 1. The Bertz CT molecular complexity index is 527. The average Bonchev–Trinajstić information content (AvgIpc) is 2.63. The van der Waals surface area contributed by atoms with Crippen LogP contribution in [0.1, 0.15) is 5.56 Å². The van der Waals surface area contributed by atoms with E-state index < -0.39 is 11.8 Å². The number of nitrogens with one attached hydrogen (secondary N) is 3. The first-order valence-electron chi connectivity index (χ1n) is 8.31. The molecule has 7 heteroatoms. The largest absolute Gasteiger partial charge is 0.497 e. The minimum atomic E-state index is -0.580. The van der Waals surface area contributed by atoms with Gasteiger partial charge in [0, 0.05) is 45.8 Å². The van der Waals surface area contributed by atoms with Crippen molar-refractivity contribution in [1.29, 1.82) is 0 Å². The third kappa shape index (κ3) is 6.17. The molecule has 132 valence electrons. The minimum Gasteiger partial charge on any atom is -0.497 e. The SMILES string of the molecule is COc1ccc(CCNC(=O)C(=O)NCCN2CCNCC2)cc1. The molecular weight excluding hydrogens is 308 g/mol. The highest BCUT2D eigenvalue weighted by atomic mass is 16.5. The molecule has 1 aromatic rings. The fourth-order valence-corrected chi connectivity index (χ4v) is 2.54. The predicted octanol–water partition coefficient (Wildman–Crippen LogP) is -0.625. The van der Waals surface area contributed by atoms with E-state index >= 15 is 0 Å². The highest BCUT2D eigenvalue weighted by Gasteiger charge is 2.14. The van der Waals surface area contributed by atoms with Crippen LogP contribution in [-0.4, -0.2) is 69.6 Å². The maximum atomic E-state index is 11.7. The Morgan fingerprint density at radius 2 is 1.71 bits per heavy atom. The van der Waals surface area contributed by atoms with E-state index in [1.165, 1.54) is 0 Å². The Labute approximate surface area is 142 Å². The lowest BCUT2D eigenvalue weighted by molar-refractivity contribution is -0.139. The number of ether oxygens (including phenoxy) is 1. The van der Waals surface area contributed by atoms with Gasteiger partial charge in [-0.05, 0) is 24.1 Å². The Morgan fingerprint density at radius 3 is 2.33 bits per heavy atom. The average molecular weight is 334 g/mol. The minimum absolute atomic E-state index is 0.427. The number of rotatable bonds is 7. The summed E-state index contributed by atoms with van der Waals surface area (Å²) in [6, 6.07) is 7.64. The summed E-state index contributed by atoms with van der Waals surface area (Å²) in [6.45, 7) is 5.58. The topological polar surface area (TPSA) is 82.7 Å². The van der Waals surface area contributed by atoms with Crippen LogP contribution in [0.15, 0.2) is 24.3 Å². The highest BCUT2D eigenvalue weighted by Crippen LogP contribution is 2.11. The van der Waals surface area contributed by atoms with E-state index in [-0.39, 0.29) is 0 Å². The summed E-state index contributed by atoms with van der Waals surface area (Å²) >= 11 is 0. The number of methoxy groups -OCH3 is 1. The molecule has 0 saturated carbocycles. The number of hydrogen-bond acceptors (Lipinski definition) is 5. The molecule has 3 N–H and O–H groups in total. The van der Waals surface area contributed by atoms with Gasteiger partial charge in [0.1, 0.15) is 5.75 Å². The molecule has 0 aromatic heterocycles. The molecule has 1 aliphatic heterocycles. The van der Waals surface area contributed by atoms with Gasteiger partial charge < -0.3 is 20.7 Å². The van der Waals surface area contributed by atoms with Gasteiger partial charge in [0.2, 0.25) is 0 Å². The molecule has 0 atom stereocenters. The van der Waals surface area contributed by atoms with Crippen molar-refractivity contribution in [3.05, 3.63) is 29.8 Å². The van der Waals surface area contributed by atoms with Gasteiger partial charge in [0.05, 0.1) is 7.11 Å². The van der Waals surface area contributed by atoms with Gasteiger partial charge >= 0.3 is 11.8 Å². The molecule has 0 spiro atoms. The summed E-state index contributed by atoms with van der Waals surface area (Å²) < 4.78 is 5.10. The molecule has 24 heavy (non-hydrogen) atoms. The second-order valence-electron chi connectivity index (χ2n) is 5.70. The molecule has 0 aliphatic carbocycles. The lowest BCUT2D eigenvalue weighted by Gasteiger charge is -2.26. The number of benzene rings is 1. The number of nitrogens with zero attached hydrogens (tertiary/aromatic N) is 1. The third-order valence-corrected chi connectivity index (χ3v) is 3.99. The fraction of sp³-hybridized carbons (Fsp3) is 0.529. The van der Waals surface area contributed by atoms with Gasteiger partial charge in [0.15, 0.2) is 0 Å². The van der Waals surface area contributed by atoms with Crippen LogP contribution in [0.3, 0.4) is 0 Å². The van der Waals surface area contributed by atoms with Gasteiger partial charge in [0.25, 0.3) is 0 Å². The quantitative estimate of drug-likeness (QED) is 0.579. The van der Waals surface area contributed by atoms with Crippen molar-refractivity contribution < 1.29 is 14.3 Å². The summed E-state index contributed by atoms with van der Waals surface area (Å²) in [6.07, 6.45) is 0.670. The van der Waals surface area contributed by atoms with Crippen molar-refractivity contribution in [3.63, 3.8) is 0 Å². The molecule has 2 amide bonds. The number of amides is 2. The summed E-state index contributed by atoms with van der Waals surface area (Å²) in [5.41, 5.74) is 1.08. The van der Waals surface area contributed by atoms with Gasteiger partial charge in [-0.2, -0.15) is 0 Å². The zero-order chi connectivity index (χ0) is 17.2. The van der Waals surface area contributed by atoms with E-state index in [1.807, 2.05) is 24.3 Å². The molecule has 1 aromatic carbocycles. The van der Waals surface area contributed by atoms with E-state index in [4.69, 9.17) is 4.74 Å². The fourth-order valence-electron chi connectivity index (χ4n) is 2.54. The maximum absolute atomic E-state index is 11.7. The third-order valence-electron chi connectivity index (χ3n) is 3.99. The van der Waals surface area contributed by atoms with Crippen molar-refractivity contribution in [2.24, 2.45) is 0 Å². The Hall–Kier alpha value is -2.12. The van der Waals surface area contributed by atoms with Gasteiger partial charge in [-0.15, -0.1) is 0 Å². The summed E-state index contributed by atoms with van der Waals surface area (Å²) in [5, 5.41) is 8.58. The zero-order valence-corrected chi connectivity index (χ0v) is 14.1. The molecule has 1 fully saturated rings. The molecule has 0 radical (unpaired) electrons. The Balaban J connectivity index is 1.59. The molecule has 0 unspecified atom stereocenters. The first kappa shape index (κ1) is 18.2. The van der Waals surface area contributed by atoms with Crippen molar-refractivity contribution in [2.75, 3.05) is 52.9 Å². The summed E-state index contributed by atoms with van der Waals surface area (Å²) in [7, 11) is 1.62. The van der Waals surface area contributed by atoms with Gasteiger partial charge in [-0.25, -0.2) is 0 Å².